The zero-order valence-electron chi connectivity index (χ0n) is 9.77. The lowest BCUT2D eigenvalue weighted by Crippen LogP contribution is -2.16. The van der Waals surface area contributed by atoms with E-state index < -0.39 is 21.4 Å². The number of hydrogen-bond acceptors (Lipinski definition) is 4. The molecule has 8 heteroatoms. The van der Waals surface area contributed by atoms with Crippen molar-refractivity contribution in [3.05, 3.63) is 47.9 Å². The largest absolute Gasteiger partial charge is 0.293 e. The standard InChI is InChI=1S/C12H7Br3O3S2/c13-7-1-3-8(4-2-7)20(17,18)6-10(16)9-5-11(14)19-12(9)15/h1-5H,6H2. The van der Waals surface area contributed by atoms with Gasteiger partial charge in [0.2, 0.25) is 0 Å². The van der Waals surface area contributed by atoms with Crippen molar-refractivity contribution >= 4 is 74.7 Å². The Hall–Kier alpha value is -0.0200. The van der Waals surface area contributed by atoms with Crippen molar-refractivity contribution < 1.29 is 13.2 Å². The highest BCUT2D eigenvalue weighted by Crippen LogP contribution is 2.32. The van der Waals surface area contributed by atoms with Gasteiger partial charge in [0.15, 0.2) is 15.6 Å². The molecule has 1 aromatic carbocycles. The first kappa shape index (κ1) is 16.4. The summed E-state index contributed by atoms with van der Waals surface area (Å²) in [4.78, 5) is 12.2. The van der Waals surface area contributed by atoms with Gasteiger partial charge in [-0.2, -0.15) is 0 Å². The average Bonchev–Trinajstić information content (AvgIpc) is 2.68. The number of carbonyl (C=O) groups excluding carboxylic acids is 1. The molecule has 0 aliphatic carbocycles. The van der Waals surface area contributed by atoms with Gasteiger partial charge in [0.1, 0.15) is 5.75 Å². The monoisotopic (exact) mass is 500 g/mol. The average molecular weight is 503 g/mol. The number of ketones is 1. The summed E-state index contributed by atoms with van der Waals surface area (Å²) in [5, 5.41) is 0. The Balaban J connectivity index is 2.26. The van der Waals surface area contributed by atoms with E-state index in [4.69, 9.17) is 0 Å². The van der Waals surface area contributed by atoms with Gasteiger partial charge in [-0.15, -0.1) is 11.3 Å². The minimum absolute atomic E-state index is 0.138. The maximum absolute atomic E-state index is 12.2. The van der Waals surface area contributed by atoms with Crippen molar-refractivity contribution in [3.63, 3.8) is 0 Å². The highest BCUT2D eigenvalue weighted by molar-refractivity contribution is 9.12. The summed E-state index contributed by atoms with van der Waals surface area (Å²) in [6.45, 7) is 0. The number of thiophene rings is 1. The molecule has 0 amide bonds. The number of rotatable bonds is 4. The van der Waals surface area contributed by atoms with Crippen LogP contribution < -0.4 is 0 Å². The molecule has 0 spiro atoms. The number of sulfone groups is 1. The lowest BCUT2D eigenvalue weighted by atomic mass is 10.2. The van der Waals surface area contributed by atoms with Crippen LogP contribution in [0.2, 0.25) is 0 Å². The molecule has 0 fully saturated rings. The summed E-state index contributed by atoms with van der Waals surface area (Å²) in [7, 11) is -3.63. The molecule has 20 heavy (non-hydrogen) atoms. The normalized spacial score (nSPS) is 11.6. The Morgan fingerprint density at radius 1 is 1.10 bits per heavy atom. The SMILES string of the molecule is O=C(CS(=O)(=O)c1ccc(Br)cc1)c1cc(Br)sc1Br. The summed E-state index contributed by atoms with van der Waals surface area (Å²) < 4.78 is 26.6. The van der Waals surface area contributed by atoms with E-state index in [0.29, 0.717) is 9.35 Å². The molecular weight excluding hydrogens is 496 g/mol. The first-order chi connectivity index (χ1) is 9.29. The predicted molar refractivity (Wildman–Crippen MR) is 90.2 cm³/mol. The van der Waals surface area contributed by atoms with Gasteiger partial charge in [0, 0.05) is 10.0 Å². The highest BCUT2D eigenvalue weighted by Gasteiger charge is 2.23. The summed E-state index contributed by atoms with van der Waals surface area (Å²) in [6.07, 6.45) is 0. The fourth-order valence-corrected chi connectivity index (χ4v) is 5.84. The van der Waals surface area contributed by atoms with Crippen molar-refractivity contribution in [2.75, 3.05) is 5.75 Å². The van der Waals surface area contributed by atoms with Crippen LogP contribution in [0.25, 0.3) is 0 Å². The van der Waals surface area contributed by atoms with Crippen LogP contribution in [0.15, 0.2) is 47.3 Å². The lowest BCUT2D eigenvalue weighted by Gasteiger charge is -2.03. The van der Waals surface area contributed by atoms with Crippen LogP contribution in [0.3, 0.4) is 0 Å². The molecule has 0 bridgehead atoms. The smallest absolute Gasteiger partial charge is 0.185 e. The molecule has 0 unspecified atom stereocenters. The summed E-state index contributed by atoms with van der Waals surface area (Å²) in [6, 6.07) is 7.84. The topological polar surface area (TPSA) is 51.2 Å². The molecule has 0 radical (unpaired) electrons. The van der Waals surface area contributed by atoms with Gasteiger partial charge < -0.3 is 0 Å². The van der Waals surface area contributed by atoms with E-state index in [2.05, 4.69) is 47.8 Å². The van der Waals surface area contributed by atoms with Gasteiger partial charge in [0.05, 0.1) is 12.5 Å². The minimum atomic E-state index is -3.63. The molecule has 2 aromatic rings. The fourth-order valence-electron chi connectivity index (χ4n) is 1.51. The molecule has 0 aliphatic heterocycles. The molecule has 106 valence electrons. The number of Topliss-reactive ketones (excluding diaryl/α,β-unsaturated/α-hetero) is 1. The molecule has 1 aromatic heterocycles. The van der Waals surface area contributed by atoms with Gasteiger partial charge in [-0.1, -0.05) is 15.9 Å². The van der Waals surface area contributed by atoms with Crippen LogP contribution in [-0.4, -0.2) is 20.0 Å². The molecule has 0 atom stereocenters. The van der Waals surface area contributed by atoms with Gasteiger partial charge in [-0.25, -0.2) is 8.42 Å². The molecule has 3 nitrogen and oxygen atoms in total. The molecule has 1 heterocycles. The summed E-state index contributed by atoms with van der Waals surface area (Å²) in [5.74, 6) is -0.974. The number of benzene rings is 1. The maximum Gasteiger partial charge on any atom is 0.185 e. The van der Waals surface area contributed by atoms with Gasteiger partial charge in [-0.05, 0) is 62.2 Å². The Morgan fingerprint density at radius 3 is 2.20 bits per heavy atom. The van der Waals surface area contributed by atoms with Crippen LogP contribution in [0.4, 0.5) is 0 Å². The van der Waals surface area contributed by atoms with Crippen LogP contribution >= 0.6 is 59.1 Å². The summed E-state index contributed by atoms with van der Waals surface area (Å²) >= 11 is 11.1. The molecule has 0 aliphatic rings. The first-order valence-electron chi connectivity index (χ1n) is 5.26. The zero-order chi connectivity index (χ0) is 14.9. The Kier molecular flexibility index (Phi) is 5.23. The number of hydrogen-bond donors (Lipinski definition) is 0. The van der Waals surface area contributed by atoms with Crippen molar-refractivity contribution in [1.29, 1.82) is 0 Å². The Labute approximate surface area is 145 Å². The lowest BCUT2D eigenvalue weighted by molar-refractivity contribution is 0.102. The van der Waals surface area contributed by atoms with E-state index in [-0.39, 0.29) is 4.90 Å². The molecule has 0 saturated carbocycles. The highest BCUT2D eigenvalue weighted by atomic mass is 79.9. The van der Waals surface area contributed by atoms with Gasteiger partial charge >= 0.3 is 0 Å². The maximum atomic E-state index is 12.2. The second-order valence-electron chi connectivity index (χ2n) is 3.87. The Bertz CT molecular complexity index is 749. The second-order valence-corrected chi connectivity index (χ2v) is 10.5. The third kappa shape index (κ3) is 3.79. The Morgan fingerprint density at radius 2 is 1.70 bits per heavy atom. The van der Waals surface area contributed by atoms with E-state index in [0.717, 1.165) is 8.26 Å². The van der Waals surface area contributed by atoms with Crippen molar-refractivity contribution in [2.24, 2.45) is 0 Å². The van der Waals surface area contributed by atoms with Crippen LogP contribution in [0.1, 0.15) is 10.4 Å². The zero-order valence-corrected chi connectivity index (χ0v) is 16.2. The van der Waals surface area contributed by atoms with E-state index in [1.807, 2.05) is 0 Å². The molecule has 0 N–H and O–H groups in total. The summed E-state index contributed by atoms with van der Waals surface area (Å²) in [5.41, 5.74) is 0.377. The number of carbonyl (C=O) groups is 1. The van der Waals surface area contributed by atoms with Gasteiger partial charge in [0.25, 0.3) is 0 Å². The van der Waals surface area contributed by atoms with Crippen molar-refractivity contribution in [1.82, 2.24) is 0 Å². The van der Waals surface area contributed by atoms with Crippen molar-refractivity contribution in [3.8, 4) is 0 Å². The minimum Gasteiger partial charge on any atom is -0.293 e. The molecular formula is C12H7Br3O3S2. The first-order valence-corrected chi connectivity index (χ1v) is 10.1. The van der Waals surface area contributed by atoms with E-state index in [1.54, 1.807) is 18.2 Å². The van der Waals surface area contributed by atoms with Crippen molar-refractivity contribution in [2.45, 2.75) is 4.90 Å². The quantitative estimate of drug-likeness (QED) is 0.570. The predicted octanol–water partition coefficient (Wildman–Crippen LogP) is 4.69. The van der Waals surface area contributed by atoms with E-state index in [1.165, 1.54) is 23.5 Å². The second kappa shape index (κ2) is 6.39. The number of halogens is 3. The third-order valence-corrected chi connectivity index (χ3v) is 6.95. The fraction of sp³-hybridized carbons (Fsp3) is 0.0833. The third-order valence-electron chi connectivity index (χ3n) is 2.45. The van der Waals surface area contributed by atoms with Crippen LogP contribution in [-0.2, 0) is 9.84 Å². The molecule has 0 saturated heterocycles. The van der Waals surface area contributed by atoms with E-state index >= 15 is 0 Å². The molecule has 2 rings (SSSR count). The van der Waals surface area contributed by atoms with Gasteiger partial charge in [-0.3, -0.25) is 4.79 Å². The van der Waals surface area contributed by atoms with Crippen LogP contribution in [0, 0.1) is 0 Å². The van der Waals surface area contributed by atoms with Crippen LogP contribution in [0.5, 0.6) is 0 Å². The van der Waals surface area contributed by atoms with E-state index in [9.17, 15) is 13.2 Å².